The maximum atomic E-state index is 12.9. The van der Waals surface area contributed by atoms with E-state index in [1.165, 1.54) is 5.56 Å². The van der Waals surface area contributed by atoms with Crippen LogP contribution < -0.4 is 5.73 Å². The number of carbonyl (C=O) groups excluding carboxylic acids is 1. The molecule has 0 aromatic heterocycles. The predicted octanol–water partition coefficient (Wildman–Crippen LogP) is 4.05. The maximum Gasteiger partial charge on any atom is 0.226 e. The molecule has 4 rings (SSSR count). The largest absolute Gasteiger partial charge is 0.340 e. The van der Waals surface area contributed by atoms with E-state index in [0.717, 1.165) is 12.0 Å². The van der Waals surface area contributed by atoms with Crippen molar-refractivity contribution in [3.63, 3.8) is 0 Å². The van der Waals surface area contributed by atoms with Gasteiger partial charge >= 0.3 is 0 Å². The van der Waals surface area contributed by atoms with Crippen molar-refractivity contribution in [2.75, 3.05) is 13.1 Å². The van der Waals surface area contributed by atoms with Crippen LogP contribution in [0.15, 0.2) is 48.5 Å². The Labute approximate surface area is 157 Å². The minimum absolute atomic E-state index is 0.00599. The van der Waals surface area contributed by atoms with Gasteiger partial charge in [-0.1, -0.05) is 59.6 Å². The van der Waals surface area contributed by atoms with E-state index in [1.54, 1.807) is 6.07 Å². The molecule has 25 heavy (non-hydrogen) atoms. The fourth-order valence-corrected chi connectivity index (χ4v) is 4.18. The van der Waals surface area contributed by atoms with Crippen molar-refractivity contribution in [1.29, 1.82) is 0 Å². The first-order valence-corrected chi connectivity index (χ1v) is 9.34. The van der Waals surface area contributed by atoms with Crippen LogP contribution in [0.5, 0.6) is 0 Å². The van der Waals surface area contributed by atoms with Gasteiger partial charge in [0.05, 0.1) is 10.0 Å². The molecule has 130 valence electrons. The van der Waals surface area contributed by atoms with Crippen molar-refractivity contribution < 1.29 is 4.79 Å². The number of halogens is 2. The normalized spacial score (nSPS) is 28.2. The number of benzene rings is 2. The molecule has 1 saturated heterocycles. The van der Waals surface area contributed by atoms with Crippen LogP contribution in [0.4, 0.5) is 0 Å². The number of hydrogen-bond acceptors (Lipinski definition) is 2. The van der Waals surface area contributed by atoms with Crippen LogP contribution in [0.1, 0.15) is 29.4 Å². The quantitative estimate of drug-likeness (QED) is 0.880. The molecule has 0 bridgehead atoms. The molecular weight excluding hydrogens is 355 g/mol. The van der Waals surface area contributed by atoms with Crippen LogP contribution in [-0.4, -0.2) is 29.9 Å². The van der Waals surface area contributed by atoms with Gasteiger partial charge in [-0.3, -0.25) is 4.79 Å². The van der Waals surface area contributed by atoms with Crippen molar-refractivity contribution in [2.45, 2.75) is 24.3 Å². The van der Waals surface area contributed by atoms with E-state index in [1.807, 2.05) is 35.2 Å². The van der Waals surface area contributed by atoms with Gasteiger partial charge in [0, 0.05) is 31.0 Å². The van der Waals surface area contributed by atoms with Crippen LogP contribution in [-0.2, 0) is 4.79 Å². The number of amides is 1. The minimum atomic E-state index is -0.00599. The van der Waals surface area contributed by atoms with Crippen molar-refractivity contribution in [2.24, 2.45) is 11.7 Å². The third kappa shape index (κ3) is 3.29. The van der Waals surface area contributed by atoms with Crippen molar-refractivity contribution in [3.8, 4) is 0 Å². The van der Waals surface area contributed by atoms with Crippen LogP contribution in [0.25, 0.3) is 0 Å². The molecular formula is C20H20Cl2N2O. The van der Waals surface area contributed by atoms with Gasteiger partial charge in [-0.25, -0.2) is 0 Å². The predicted molar refractivity (Wildman–Crippen MR) is 101 cm³/mol. The summed E-state index contributed by atoms with van der Waals surface area (Å²) < 4.78 is 0. The molecule has 1 saturated carbocycles. The second-order valence-electron chi connectivity index (χ2n) is 7.05. The van der Waals surface area contributed by atoms with Gasteiger partial charge < -0.3 is 10.6 Å². The average molecular weight is 375 g/mol. The summed E-state index contributed by atoms with van der Waals surface area (Å²) in [6, 6.07) is 15.9. The second-order valence-corrected chi connectivity index (χ2v) is 7.86. The van der Waals surface area contributed by atoms with Crippen LogP contribution in [0, 0.1) is 5.92 Å². The molecule has 3 nitrogen and oxygen atoms in total. The number of likely N-dealkylation sites (tertiary alicyclic amines) is 1. The molecule has 2 fully saturated rings. The van der Waals surface area contributed by atoms with Gasteiger partial charge in [-0.05, 0) is 35.6 Å². The monoisotopic (exact) mass is 374 g/mol. The SMILES string of the molecule is N[C@@H]1CN(C(=O)C2CC2c2ccc(Cl)c(Cl)c2)C[C@H]1c1ccccc1. The number of nitrogens with zero attached hydrogens (tertiary/aromatic N) is 1. The molecule has 0 spiro atoms. The third-order valence-corrected chi connectivity index (χ3v) is 6.12. The molecule has 1 heterocycles. The maximum absolute atomic E-state index is 12.9. The highest BCUT2D eigenvalue weighted by Crippen LogP contribution is 2.50. The first kappa shape index (κ1) is 16.9. The van der Waals surface area contributed by atoms with Crippen molar-refractivity contribution in [1.82, 2.24) is 4.90 Å². The first-order chi connectivity index (χ1) is 12.0. The Morgan fingerprint density at radius 3 is 2.44 bits per heavy atom. The van der Waals surface area contributed by atoms with Crippen molar-refractivity contribution in [3.05, 3.63) is 69.7 Å². The van der Waals surface area contributed by atoms with Gasteiger partial charge in [0.1, 0.15) is 0 Å². The molecule has 2 N–H and O–H groups in total. The Kier molecular flexibility index (Phi) is 4.48. The molecule has 5 heteroatoms. The summed E-state index contributed by atoms with van der Waals surface area (Å²) in [5.41, 5.74) is 8.62. The van der Waals surface area contributed by atoms with E-state index < -0.39 is 0 Å². The van der Waals surface area contributed by atoms with E-state index >= 15 is 0 Å². The van der Waals surface area contributed by atoms with E-state index in [9.17, 15) is 4.79 Å². The standard InChI is InChI=1S/C20H20Cl2N2O/c21-17-7-6-13(8-18(17)22)14-9-15(14)20(25)24-10-16(19(23)11-24)12-4-2-1-3-5-12/h1-8,14-16,19H,9-11,23H2/t14?,15?,16-,19+/m0/s1. The lowest BCUT2D eigenvalue weighted by molar-refractivity contribution is -0.131. The number of nitrogens with two attached hydrogens (primary N) is 1. The Bertz CT molecular complexity index is 796. The molecule has 4 atom stereocenters. The summed E-state index contributed by atoms with van der Waals surface area (Å²) in [5.74, 6) is 0.713. The molecule has 1 aliphatic carbocycles. The lowest BCUT2D eigenvalue weighted by Gasteiger charge is -2.16. The zero-order valence-corrected chi connectivity index (χ0v) is 15.3. The van der Waals surface area contributed by atoms with Gasteiger partial charge in [0.15, 0.2) is 0 Å². The summed E-state index contributed by atoms with van der Waals surface area (Å²) in [7, 11) is 0. The highest BCUT2D eigenvalue weighted by molar-refractivity contribution is 6.42. The van der Waals surface area contributed by atoms with Gasteiger partial charge in [0.25, 0.3) is 0 Å². The zero-order chi connectivity index (χ0) is 17.6. The summed E-state index contributed by atoms with van der Waals surface area (Å²) in [4.78, 5) is 14.8. The Morgan fingerprint density at radius 2 is 1.72 bits per heavy atom. The van der Waals surface area contributed by atoms with Crippen LogP contribution in [0.2, 0.25) is 10.0 Å². The average Bonchev–Trinajstić information content (AvgIpc) is 3.32. The second kappa shape index (κ2) is 6.64. The van der Waals surface area contributed by atoms with Gasteiger partial charge in [-0.2, -0.15) is 0 Å². The highest BCUT2D eigenvalue weighted by Gasteiger charge is 2.48. The van der Waals surface area contributed by atoms with E-state index in [4.69, 9.17) is 28.9 Å². The lowest BCUT2D eigenvalue weighted by atomic mass is 9.95. The van der Waals surface area contributed by atoms with Crippen LogP contribution in [0.3, 0.4) is 0 Å². The highest BCUT2D eigenvalue weighted by atomic mass is 35.5. The molecule has 2 aromatic rings. The van der Waals surface area contributed by atoms with E-state index in [-0.39, 0.29) is 29.7 Å². The summed E-state index contributed by atoms with van der Waals surface area (Å²) in [6.07, 6.45) is 0.874. The fourth-order valence-electron chi connectivity index (χ4n) is 3.88. The molecule has 2 unspecified atom stereocenters. The van der Waals surface area contributed by atoms with Gasteiger partial charge in [0.2, 0.25) is 5.91 Å². The zero-order valence-electron chi connectivity index (χ0n) is 13.7. The Balaban J connectivity index is 1.43. The molecule has 2 aromatic carbocycles. The van der Waals surface area contributed by atoms with Crippen molar-refractivity contribution >= 4 is 29.1 Å². The molecule has 2 aliphatic rings. The van der Waals surface area contributed by atoms with Gasteiger partial charge in [-0.15, -0.1) is 0 Å². The summed E-state index contributed by atoms with van der Waals surface area (Å²) in [5, 5.41) is 1.09. The van der Waals surface area contributed by atoms with Crippen LogP contribution >= 0.6 is 23.2 Å². The molecule has 1 aliphatic heterocycles. The topological polar surface area (TPSA) is 46.3 Å². The van der Waals surface area contributed by atoms with E-state index in [0.29, 0.717) is 23.1 Å². The smallest absolute Gasteiger partial charge is 0.226 e. The summed E-state index contributed by atoms with van der Waals surface area (Å²) in [6.45, 7) is 1.33. The number of hydrogen-bond donors (Lipinski definition) is 1. The third-order valence-electron chi connectivity index (χ3n) is 5.38. The summed E-state index contributed by atoms with van der Waals surface area (Å²) >= 11 is 12.1. The lowest BCUT2D eigenvalue weighted by Crippen LogP contribution is -2.33. The first-order valence-electron chi connectivity index (χ1n) is 8.59. The molecule has 0 radical (unpaired) electrons. The molecule has 1 amide bonds. The number of carbonyl (C=O) groups is 1. The Morgan fingerprint density at radius 1 is 0.960 bits per heavy atom. The fraction of sp³-hybridized carbons (Fsp3) is 0.350. The minimum Gasteiger partial charge on any atom is -0.340 e. The van der Waals surface area contributed by atoms with E-state index in [2.05, 4.69) is 12.1 Å². The Hall–Kier alpha value is -1.55. The number of rotatable bonds is 3.